The molecule has 0 spiro atoms. The van der Waals surface area contributed by atoms with Crippen LogP contribution in [0.15, 0.2) is 30.3 Å². The van der Waals surface area contributed by atoms with Crippen LogP contribution >= 0.6 is 0 Å². The second-order valence-electron chi connectivity index (χ2n) is 10.8. The zero-order chi connectivity index (χ0) is 21.6. The van der Waals surface area contributed by atoms with Crippen molar-refractivity contribution in [1.29, 1.82) is 0 Å². The molecule has 4 fully saturated rings. The minimum absolute atomic E-state index is 0. The van der Waals surface area contributed by atoms with Gasteiger partial charge < -0.3 is 27.0 Å². The van der Waals surface area contributed by atoms with Crippen LogP contribution in [0, 0.1) is 0 Å². The van der Waals surface area contributed by atoms with Crippen LogP contribution in [0.1, 0.15) is 32.8 Å². The largest absolute Gasteiger partial charge is 1.00 e. The number of carbonyl (C=O) groups excluding carboxylic acids is 1. The van der Waals surface area contributed by atoms with Crippen LogP contribution in [-0.4, -0.2) is 102 Å². The highest BCUT2D eigenvalue weighted by Crippen LogP contribution is 2.42. The molecule has 1 unspecified atom stereocenters. The summed E-state index contributed by atoms with van der Waals surface area (Å²) in [4.78, 5) is 20.5. The van der Waals surface area contributed by atoms with Crippen LogP contribution in [0.4, 0.5) is 4.79 Å². The number of halogens is 1. The number of nitrogens with one attached hydrogen (secondary N) is 1. The van der Waals surface area contributed by atoms with Gasteiger partial charge in [-0.15, -0.1) is 0 Å². The zero-order valence-electron chi connectivity index (χ0n) is 19.7. The summed E-state index contributed by atoms with van der Waals surface area (Å²) < 4.78 is 6.62. The van der Waals surface area contributed by atoms with E-state index in [1.807, 2.05) is 20.8 Å². The fourth-order valence-electron chi connectivity index (χ4n) is 6.45. The zero-order valence-corrected chi connectivity index (χ0v) is 21.3. The lowest BCUT2D eigenvalue weighted by Crippen LogP contribution is -3.00. The Morgan fingerprint density at radius 1 is 1.09 bits per heavy atom. The van der Waals surface area contributed by atoms with Gasteiger partial charge in [-0.05, 0) is 27.2 Å². The SMILES string of the molecule is CC(C)(C)OC(=O)NC[C@H]1C[N+]2(Cc3ccccc3)CCN3CCCN4CCN1[C@H]2[C@@H]43.[Br-]. The molecular weight excluding hydrogens is 470 g/mol. The van der Waals surface area contributed by atoms with E-state index < -0.39 is 5.60 Å². The van der Waals surface area contributed by atoms with Gasteiger partial charge in [0.15, 0.2) is 6.17 Å². The molecule has 178 valence electrons. The quantitative estimate of drug-likeness (QED) is 0.524. The number of rotatable bonds is 4. The molecule has 4 saturated heterocycles. The molecule has 32 heavy (non-hydrogen) atoms. The van der Waals surface area contributed by atoms with E-state index in [-0.39, 0.29) is 23.1 Å². The lowest BCUT2D eigenvalue weighted by atomic mass is 10.0. The van der Waals surface area contributed by atoms with Crippen molar-refractivity contribution in [3.63, 3.8) is 0 Å². The number of ether oxygens (including phenoxy) is 1. The van der Waals surface area contributed by atoms with Gasteiger partial charge in [-0.2, -0.15) is 0 Å². The van der Waals surface area contributed by atoms with Crippen LogP contribution in [0.5, 0.6) is 0 Å². The van der Waals surface area contributed by atoms with E-state index in [4.69, 9.17) is 4.74 Å². The summed E-state index contributed by atoms with van der Waals surface area (Å²) in [6.07, 6.45) is 1.97. The highest BCUT2D eigenvalue weighted by molar-refractivity contribution is 5.67. The van der Waals surface area contributed by atoms with Crippen molar-refractivity contribution in [3.05, 3.63) is 35.9 Å². The van der Waals surface area contributed by atoms with E-state index in [0.29, 0.717) is 24.9 Å². The van der Waals surface area contributed by atoms with Crippen molar-refractivity contribution in [1.82, 2.24) is 20.0 Å². The van der Waals surface area contributed by atoms with Crippen molar-refractivity contribution in [2.75, 3.05) is 52.4 Å². The van der Waals surface area contributed by atoms with Gasteiger partial charge in [-0.1, -0.05) is 30.3 Å². The van der Waals surface area contributed by atoms with E-state index in [0.717, 1.165) is 30.7 Å². The molecule has 0 aromatic heterocycles. The van der Waals surface area contributed by atoms with Gasteiger partial charge in [0.2, 0.25) is 0 Å². The second-order valence-corrected chi connectivity index (χ2v) is 10.8. The maximum atomic E-state index is 12.4. The average molecular weight is 509 g/mol. The number of hydrogen-bond donors (Lipinski definition) is 1. The third kappa shape index (κ3) is 4.57. The van der Waals surface area contributed by atoms with Gasteiger partial charge in [0.1, 0.15) is 18.3 Å². The lowest BCUT2D eigenvalue weighted by molar-refractivity contribution is -0.967. The fraction of sp³-hybridized carbons (Fsp3) is 0.708. The summed E-state index contributed by atoms with van der Waals surface area (Å²) >= 11 is 0. The number of hydrogen-bond acceptors (Lipinski definition) is 5. The Labute approximate surface area is 203 Å². The minimum Gasteiger partial charge on any atom is -1.00 e. The number of quaternary nitrogens is 1. The van der Waals surface area contributed by atoms with Crippen LogP contribution in [0.25, 0.3) is 0 Å². The maximum absolute atomic E-state index is 12.4. The fourth-order valence-corrected chi connectivity index (χ4v) is 6.45. The number of piperazine rings is 2. The first-order valence-electron chi connectivity index (χ1n) is 12.0. The van der Waals surface area contributed by atoms with Crippen LogP contribution in [0.2, 0.25) is 0 Å². The van der Waals surface area contributed by atoms with Crippen molar-refractivity contribution >= 4 is 6.09 Å². The number of amides is 1. The van der Waals surface area contributed by atoms with Crippen LogP contribution < -0.4 is 22.3 Å². The molecule has 0 aliphatic carbocycles. The van der Waals surface area contributed by atoms with E-state index >= 15 is 0 Å². The van der Waals surface area contributed by atoms with E-state index in [1.165, 1.54) is 38.2 Å². The van der Waals surface area contributed by atoms with Gasteiger partial charge in [0, 0.05) is 44.8 Å². The molecule has 1 aromatic carbocycles. The molecule has 0 saturated carbocycles. The number of nitrogens with zero attached hydrogens (tertiary/aromatic N) is 4. The Balaban J connectivity index is 0.00000245. The summed E-state index contributed by atoms with van der Waals surface area (Å²) in [7, 11) is 0. The van der Waals surface area contributed by atoms with Gasteiger partial charge in [0.05, 0.1) is 19.1 Å². The minimum atomic E-state index is -0.466. The smallest absolute Gasteiger partial charge is 0.407 e. The van der Waals surface area contributed by atoms with Crippen molar-refractivity contribution in [2.24, 2.45) is 0 Å². The molecule has 5 rings (SSSR count). The molecule has 4 aliphatic heterocycles. The topological polar surface area (TPSA) is 48.1 Å². The highest BCUT2D eigenvalue weighted by Gasteiger charge is 2.62. The van der Waals surface area contributed by atoms with Gasteiger partial charge in [-0.25, -0.2) is 9.69 Å². The maximum Gasteiger partial charge on any atom is 0.407 e. The standard InChI is InChI=1S/C24H37N5O2.BrH/c1-24(2,3)31-23(30)25-16-20-18-29(17-19-8-5-4-6-9-19)15-14-27-11-7-10-26-12-13-28(20)22(29)21(26)27;/h4-6,8-9,20-22H,7,10-18H2,1-3H3;1H/t20-,21-,22+,29?;/m0./s1. The molecule has 7 nitrogen and oxygen atoms in total. The lowest BCUT2D eigenvalue weighted by Gasteiger charge is -2.59. The second kappa shape index (κ2) is 9.22. The third-order valence-corrected chi connectivity index (χ3v) is 7.55. The van der Waals surface area contributed by atoms with Crippen molar-refractivity contribution in [2.45, 2.75) is 57.7 Å². The van der Waals surface area contributed by atoms with Gasteiger partial charge in [-0.3, -0.25) is 14.3 Å². The number of benzene rings is 1. The van der Waals surface area contributed by atoms with Crippen molar-refractivity contribution in [3.8, 4) is 0 Å². The first kappa shape index (κ1) is 24.0. The molecule has 1 amide bonds. The molecule has 0 bridgehead atoms. The van der Waals surface area contributed by atoms with Gasteiger partial charge in [0.25, 0.3) is 0 Å². The summed E-state index contributed by atoms with van der Waals surface area (Å²) in [6.45, 7) is 15.6. The molecular formula is C24H38BrN5O2. The predicted molar refractivity (Wildman–Crippen MR) is 120 cm³/mol. The first-order valence-corrected chi connectivity index (χ1v) is 12.0. The molecule has 0 radical (unpaired) electrons. The summed E-state index contributed by atoms with van der Waals surface area (Å²) in [6, 6.07) is 11.3. The number of carbonyl (C=O) groups is 1. The predicted octanol–water partition coefficient (Wildman–Crippen LogP) is -1.10. The van der Waals surface area contributed by atoms with E-state index in [2.05, 4.69) is 50.3 Å². The van der Waals surface area contributed by atoms with Gasteiger partial charge >= 0.3 is 6.09 Å². The Kier molecular flexibility index (Phi) is 6.90. The Bertz CT molecular complexity index is 797. The molecule has 1 aromatic rings. The first-order chi connectivity index (χ1) is 14.8. The third-order valence-electron chi connectivity index (χ3n) is 7.55. The molecule has 4 atom stereocenters. The molecule has 4 heterocycles. The number of alkyl carbamates (subject to hydrolysis) is 1. The highest BCUT2D eigenvalue weighted by atomic mass is 79.9. The summed E-state index contributed by atoms with van der Waals surface area (Å²) in [5.41, 5.74) is 0.955. The summed E-state index contributed by atoms with van der Waals surface area (Å²) in [5, 5.41) is 3.09. The normalized spacial score (nSPS) is 32.7. The Morgan fingerprint density at radius 2 is 1.81 bits per heavy atom. The Hall–Kier alpha value is -1.19. The van der Waals surface area contributed by atoms with E-state index in [1.54, 1.807) is 0 Å². The van der Waals surface area contributed by atoms with Crippen LogP contribution in [0.3, 0.4) is 0 Å². The average Bonchev–Trinajstić information content (AvgIpc) is 3.05. The van der Waals surface area contributed by atoms with Crippen molar-refractivity contribution < 1.29 is 31.0 Å². The molecule has 1 N–H and O–H groups in total. The Morgan fingerprint density at radius 3 is 2.53 bits per heavy atom. The summed E-state index contributed by atoms with van der Waals surface area (Å²) in [5.74, 6) is 0. The van der Waals surface area contributed by atoms with E-state index in [9.17, 15) is 4.79 Å². The molecule has 4 aliphatic rings. The molecule has 8 heteroatoms. The van der Waals surface area contributed by atoms with Crippen LogP contribution in [-0.2, 0) is 11.3 Å². The monoisotopic (exact) mass is 507 g/mol.